The van der Waals surface area contributed by atoms with Crippen LogP contribution in [0.25, 0.3) is 0 Å². The number of nitrogens with zero attached hydrogens (tertiary/aromatic N) is 3. The second-order valence-electron chi connectivity index (χ2n) is 4.66. The molecule has 5 nitrogen and oxygen atoms in total. The van der Waals surface area contributed by atoms with Crippen LogP contribution in [0.5, 0.6) is 0 Å². The standard InChI is InChI=1S/C15H17N5/c1-3-12(9-16-5-1)10-20-15-14(18-7-8-19-15)13-4-2-6-17-11-13/h1-6,9,11,14,18H,7-8,10H2,(H,19,20). The molecule has 0 fully saturated rings. The van der Waals surface area contributed by atoms with Crippen LogP contribution < -0.4 is 10.6 Å². The Balaban J connectivity index is 1.72. The van der Waals surface area contributed by atoms with Crippen molar-refractivity contribution in [1.29, 1.82) is 0 Å². The minimum atomic E-state index is 0.0918. The van der Waals surface area contributed by atoms with Crippen molar-refractivity contribution < 1.29 is 0 Å². The lowest BCUT2D eigenvalue weighted by atomic mass is 10.1. The third-order valence-corrected chi connectivity index (χ3v) is 3.23. The number of hydrogen-bond acceptors (Lipinski definition) is 5. The van der Waals surface area contributed by atoms with Crippen molar-refractivity contribution in [2.45, 2.75) is 12.6 Å². The first kappa shape index (κ1) is 12.7. The molecule has 0 saturated carbocycles. The number of rotatable bonds is 3. The average Bonchev–Trinajstić information content (AvgIpc) is 2.55. The van der Waals surface area contributed by atoms with Gasteiger partial charge in [-0.3, -0.25) is 15.0 Å². The molecule has 3 rings (SSSR count). The third-order valence-electron chi connectivity index (χ3n) is 3.23. The van der Waals surface area contributed by atoms with Gasteiger partial charge in [-0.15, -0.1) is 0 Å². The van der Waals surface area contributed by atoms with E-state index >= 15 is 0 Å². The van der Waals surface area contributed by atoms with Gasteiger partial charge in [-0.2, -0.15) is 0 Å². The van der Waals surface area contributed by atoms with Gasteiger partial charge in [-0.05, 0) is 23.3 Å². The number of amidine groups is 1. The van der Waals surface area contributed by atoms with E-state index in [1.165, 1.54) is 0 Å². The van der Waals surface area contributed by atoms with Crippen LogP contribution in [0.3, 0.4) is 0 Å². The van der Waals surface area contributed by atoms with Crippen LogP contribution in [0.1, 0.15) is 17.2 Å². The molecule has 0 saturated heterocycles. The van der Waals surface area contributed by atoms with Crippen LogP contribution >= 0.6 is 0 Å². The monoisotopic (exact) mass is 267 g/mol. The summed E-state index contributed by atoms with van der Waals surface area (Å²) in [5, 5.41) is 6.88. The van der Waals surface area contributed by atoms with Crippen LogP contribution in [0.15, 0.2) is 54.0 Å². The smallest absolute Gasteiger partial charge is 0.119 e. The first-order valence-corrected chi connectivity index (χ1v) is 6.74. The number of nitrogens with one attached hydrogen (secondary N) is 2. The summed E-state index contributed by atoms with van der Waals surface area (Å²) < 4.78 is 0. The van der Waals surface area contributed by atoms with Crippen LogP contribution in [0.4, 0.5) is 0 Å². The molecule has 2 aromatic heterocycles. The van der Waals surface area contributed by atoms with E-state index in [-0.39, 0.29) is 6.04 Å². The number of aromatic nitrogens is 2. The molecule has 20 heavy (non-hydrogen) atoms. The minimum absolute atomic E-state index is 0.0918. The summed E-state index contributed by atoms with van der Waals surface area (Å²) in [5.41, 5.74) is 2.27. The Morgan fingerprint density at radius 3 is 2.75 bits per heavy atom. The van der Waals surface area contributed by atoms with Gasteiger partial charge in [-0.1, -0.05) is 12.1 Å². The van der Waals surface area contributed by atoms with E-state index in [0.29, 0.717) is 0 Å². The van der Waals surface area contributed by atoms with Gasteiger partial charge in [0.2, 0.25) is 0 Å². The minimum Gasteiger partial charge on any atom is -0.368 e. The van der Waals surface area contributed by atoms with Crippen molar-refractivity contribution >= 4 is 5.84 Å². The molecule has 1 atom stereocenters. The van der Waals surface area contributed by atoms with Crippen molar-refractivity contribution in [3.63, 3.8) is 0 Å². The Labute approximate surface area is 118 Å². The fourth-order valence-corrected chi connectivity index (χ4v) is 2.25. The first-order valence-electron chi connectivity index (χ1n) is 6.74. The Bertz CT molecular complexity index is 567. The van der Waals surface area contributed by atoms with Gasteiger partial charge in [0.25, 0.3) is 0 Å². The Kier molecular flexibility index (Phi) is 3.99. The molecule has 1 aliphatic rings. The number of aliphatic imine (C=N–C) groups is 1. The Morgan fingerprint density at radius 2 is 2.00 bits per heavy atom. The lowest BCUT2D eigenvalue weighted by molar-refractivity contribution is 0.597. The van der Waals surface area contributed by atoms with Gasteiger partial charge >= 0.3 is 0 Å². The molecule has 2 aromatic rings. The summed E-state index contributed by atoms with van der Waals surface area (Å²) in [5.74, 6) is 0.966. The van der Waals surface area contributed by atoms with E-state index in [2.05, 4.69) is 37.7 Å². The Morgan fingerprint density at radius 1 is 1.15 bits per heavy atom. The maximum absolute atomic E-state index is 4.60. The van der Waals surface area contributed by atoms with Gasteiger partial charge in [-0.25, -0.2) is 0 Å². The van der Waals surface area contributed by atoms with Gasteiger partial charge in [0.05, 0.1) is 12.6 Å². The van der Waals surface area contributed by atoms with Crippen molar-refractivity contribution in [2.75, 3.05) is 13.1 Å². The molecule has 0 radical (unpaired) electrons. The molecule has 0 spiro atoms. The lowest BCUT2D eigenvalue weighted by Gasteiger charge is -2.25. The summed E-state index contributed by atoms with van der Waals surface area (Å²) >= 11 is 0. The van der Waals surface area contributed by atoms with Gasteiger partial charge in [0.15, 0.2) is 0 Å². The molecule has 0 aromatic carbocycles. The fraction of sp³-hybridized carbons (Fsp3) is 0.267. The third kappa shape index (κ3) is 3.00. The molecule has 5 heteroatoms. The van der Waals surface area contributed by atoms with Gasteiger partial charge < -0.3 is 10.6 Å². The zero-order chi connectivity index (χ0) is 13.6. The largest absolute Gasteiger partial charge is 0.368 e. The maximum Gasteiger partial charge on any atom is 0.119 e. The first-order chi connectivity index (χ1) is 9.93. The van der Waals surface area contributed by atoms with Crippen LogP contribution in [0, 0.1) is 0 Å². The zero-order valence-corrected chi connectivity index (χ0v) is 11.2. The van der Waals surface area contributed by atoms with E-state index < -0.39 is 0 Å². The van der Waals surface area contributed by atoms with Crippen LogP contribution in [-0.4, -0.2) is 28.9 Å². The van der Waals surface area contributed by atoms with E-state index in [9.17, 15) is 0 Å². The van der Waals surface area contributed by atoms with E-state index in [4.69, 9.17) is 0 Å². The molecule has 1 aliphatic heterocycles. The molecule has 0 aliphatic carbocycles. The molecule has 102 valence electrons. The predicted molar refractivity (Wildman–Crippen MR) is 78.4 cm³/mol. The fourth-order valence-electron chi connectivity index (χ4n) is 2.25. The van der Waals surface area contributed by atoms with Crippen molar-refractivity contribution in [3.8, 4) is 0 Å². The second kappa shape index (κ2) is 6.25. The Hall–Kier alpha value is -2.27. The molecular weight excluding hydrogens is 250 g/mol. The van der Waals surface area contributed by atoms with E-state index in [1.54, 1.807) is 12.4 Å². The van der Waals surface area contributed by atoms with Crippen LogP contribution in [-0.2, 0) is 6.54 Å². The van der Waals surface area contributed by atoms with E-state index in [0.717, 1.165) is 36.6 Å². The normalized spacial score (nSPS) is 18.4. The van der Waals surface area contributed by atoms with E-state index in [1.807, 2.05) is 24.5 Å². The quantitative estimate of drug-likeness (QED) is 0.880. The molecule has 0 amide bonds. The molecule has 2 N–H and O–H groups in total. The average molecular weight is 267 g/mol. The topological polar surface area (TPSA) is 62.2 Å². The molecule has 3 heterocycles. The highest BCUT2D eigenvalue weighted by Crippen LogP contribution is 2.15. The molecule has 0 bridgehead atoms. The summed E-state index contributed by atoms with van der Waals surface area (Å²) in [6, 6.07) is 8.10. The second-order valence-corrected chi connectivity index (χ2v) is 4.66. The lowest BCUT2D eigenvalue weighted by Crippen LogP contribution is -2.42. The summed E-state index contributed by atoms with van der Waals surface area (Å²) in [6.07, 6.45) is 7.31. The number of hydrogen-bond donors (Lipinski definition) is 2. The van der Waals surface area contributed by atoms with Gasteiger partial charge in [0.1, 0.15) is 5.84 Å². The van der Waals surface area contributed by atoms with Crippen molar-refractivity contribution in [1.82, 2.24) is 20.6 Å². The molecule has 1 unspecified atom stereocenters. The van der Waals surface area contributed by atoms with Crippen molar-refractivity contribution in [3.05, 3.63) is 60.2 Å². The van der Waals surface area contributed by atoms with Crippen LogP contribution in [0.2, 0.25) is 0 Å². The summed E-state index contributed by atoms with van der Waals surface area (Å²) in [4.78, 5) is 12.9. The van der Waals surface area contributed by atoms with Crippen molar-refractivity contribution in [2.24, 2.45) is 4.99 Å². The predicted octanol–water partition coefficient (Wildman–Crippen LogP) is 1.31. The maximum atomic E-state index is 4.60. The highest BCUT2D eigenvalue weighted by molar-refractivity contribution is 5.89. The SMILES string of the molecule is c1cncc(CNC2=NCCNC2c2cccnc2)c1. The highest BCUT2D eigenvalue weighted by Gasteiger charge is 2.20. The van der Waals surface area contributed by atoms with Gasteiger partial charge in [0, 0.05) is 37.9 Å². The zero-order valence-electron chi connectivity index (χ0n) is 11.2. The number of pyridine rings is 2. The summed E-state index contributed by atoms with van der Waals surface area (Å²) in [7, 11) is 0. The summed E-state index contributed by atoms with van der Waals surface area (Å²) in [6.45, 7) is 2.41. The molecular formula is C15H17N5. The highest BCUT2D eigenvalue weighted by atomic mass is 15.1.